The lowest BCUT2D eigenvalue weighted by Gasteiger charge is -2.13. The summed E-state index contributed by atoms with van der Waals surface area (Å²) in [5, 5.41) is 8.11. The maximum atomic E-state index is 12.5. The van der Waals surface area contributed by atoms with Gasteiger partial charge in [0.05, 0.1) is 19.0 Å². The third-order valence-corrected chi connectivity index (χ3v) is 4.06. The molecular weight excluding hydrogens is 370 g/mol. The van der Waals surface area contributed by atoms with E-state index in [1.165, 1.54) is 25.7 Å². The fourth-order valence-electron chi connectivity index (χ4n) is 2.65. The smallest absolute Gasteiger partial charge is 0.324 e. The molecule has 1 heterocycles. The van der Waals surface area contributed by atoms with E-state index in [9.17, 15) is 9.59 Å². The molecule has 29 heavy (non-hydrogen) atoms. The zero-order valence-electron chi connectivity index (χ0n) is 15.9. The summed E-state index contributed by atoms with van der Waals surface area (Å²) in [6.45, 7) is 0.505. The van der Waals surface area contributed by atoms with E-state index in [-0.39, 0.29) is 5.91 Å². The summed E-state index contributed by atoms with van der Waals surface area (Å²) in [6, 6.07) is 14.2. The summed E-state index contributed by atoms with van der Waals surface area (Å²) in [5.41, 5.74) is 1.92. The number of amides is 3. The number of hydrogen-bond acceptors (Lipinski definition) is 5. The molecule has 3 rings (SSSR count). The van der Waals surface area contributed by atoms with Crippen molar-refractivity contribution in [1.29, 1.82) is 0 Å². The molecule has 0 aliphatic carbocycles. The van der Waals surface area contributed by atoms with Crippen molar-refractivity contribution in [1.82, 2.24) is 15.3 Å². The highest BCUT2D eigenvalue weighted by Gasteiger charge is 2.13. The van der Waals surface area contributed by atoms with Gasteiger partial charge in [-0.15, -0.1) is 0 Å². The van der Waals surface area contributed by atoms with Gasteiger partial charge in [-0.1, -0.05) is 30.3 Å². The molecule has 0 bridgehead atoms. The molecule has 0 spiro atoms. The molecule has 0 saturated carbocycles. The minimum atomic E-state index is -0.523. The molecule has 0 saturated heterocycles. The first-order valence-corrected chi connectivity index (χ1v) is 9.00. The lowest BCUT2D eigenvalue weighted by Crippen LogP contribution is -2.26. The average molecular weight is 391 g/mol. The number of hydrogen-bond donors (Lipinski definition) is 3. The first-order chi connectivity index (χ1) is 14.2. The van der Waals surface area contributed by atoms with Crippen LogP contribution >= 0.6 is 0 Å². The summed E-state index contributed by atoms with van der Waals surface area (Å²) in [5.74, 6) is 0.500. The van der Waals surface area contributed by atoms with Crippen LogP contribution < -0.4 is 20.7 Å². The molecule has 3 amide bonds. The Labute approximate surface area is 168 Å². The Kier molecular flexibility index (Phi) is 6.72. The Hall–Kier alpha value is -3.94. The SMILES string of the molecule is COc1ccc(C(=O)NCCc2ccccc2)cc1NC(=O)Nc1cnccn1. The number of methoxy groups -OCH3 is 1. The van der Waals surface area contributed by atoms with Crippen molar-refractivity contribution >= 4 is 23.4 Å². The Balaban J connectivity index is 1.62. The minimum absolute atomic E-state index is 0.235. The van der Waals surface area contributed by atoms with Crippen LogP contribution in [0.1, 0.15) is 15.9 Å². The van der Waals surface area contributed by atoms with E-state index in [2.05, 4.69) is 25.9 Å². The molecule has 8 nitrogen and oxygen atoms in total. The Bertz CT molecular complexity index is 965. The molecule has 0 aliphatic rings. The summed E-state index contributed by atoms with van der Waals surface area (Å²) in [6.07, 6.45) is 5.13. The quantitative estimate of drug-likeness (QED) is 0.574. The van der Waals surface area contributed by atoms with E-state index in [1.54, 1.807) is 18.2 Å². The lowest BCUT2D eigenvalue weighted by molar-refractivity contribution is 0.0954. The molecule has 0 unspecified atom stereocenters. The number of nitrogens with zero attached hydrogens (tertiary/aromatic N) is 2. The van der Waals surface area contributed by atoms with Gasteiger partial charge >= 0.3 is 6.03 Å². The number of urea groups is 1. The Morgan fingerprint density at radius 1 is 1.03 bits per heavy atom. The zero-order chi connectivity index (χ0) is 20.5. The molecule has 2 aromatic carbocycles. The summed E-state index contributed by atoms with van der Waals surface area (Å²) >= 11 is 0. The molecule has 0 radical (unpaired) electrons. The van der Waals surface area contributed by atoms with Crippen molar-refractivity contribution in [2.45, 2.75) is 6.42 Å². The number of anilines is 2. The predicted octanol–water partition coefficient (Wildman–Crippen LogP) is 3.10. The number of aromatic nitrogens is 2. The molecule has 3 N–H and O–H groups in total. The fourth-order valence-corrected chi connectivity index (χ4v) is 2.65. The van der Waals surface area contributed by atoms with E-state index in [4.69, 9.17) is 4.74 Å². The highest BCUT2D eigenvalue weighted by molar-refractivity contribution is 6.02. The van der Waals surface area contributed by atoms with Crippen molar-refractivity contribution in [2.75, 3.05) is 24.3 Å². The van der Waals surface area contributed by atoms with E-state index in [0.717, 1.165) is 12.0 Å². The molecule has 8 heteroatoms. The van der Waals surface area contributed by atoms with Crippen LogP contribution in [0.2, 0.25) is 0 Å². The number of nitrogens with one attached hydrogen (secondary N) is 3. The van der Waals surface area contributed by atoms with Gasteiger partial charge < -0.3 is 15.4 Å². The second kappa shape index (κ2) is 9.84. The predicted molar refractivity (Wildman–Crippen MR) is 110 cm³/mol. The first-order valence-electron chi connectivity index (χ1n) is 9.00. The number of benzene rings is 2. The summed E-state index contributed by atoms with van der Waals surface area (Å²) < 4.78 is 5.27. The normalized spacial score (nSPS) is 10.1. The van der Waals surface area contributed by atoms with Crippen molar-refractivity contribution in [3.8, 4) is 5.75 Å². The van der Waals surface area contributed by atoms with E-state index in [0.29, 0.717) is 29.4 Å². The second-order valence-electron chi connectivity index (χ2n) is 6.08. The average Bonchev–Trinajstić information content (AvgIpc) is 2.75. The maximum Gasteiger partial charge on any atom is 0.324 e. The van der Waals surface area contributed by atoms with Gasteiger partial charge in [0.1, 0.15) is 5.75 Å². The monoisotopic (exact) mass is 391 g/mol. The van der Waals surface area contributed by atoms with Crippen molar-refractivity contribution in [2.24, 2.45) is 0 Å². The van der Waals surface area contributed by atoms with Crippen LogP contribution in [0.25, 0.3) is 0 Å². The topological polar surface area (TPSA) is 105 Å². The number of ether oxygens (including phenoxy) is 1. The van der Waals surface area contributed by atoms with Gasteiger partial charge in [-0.2, -0.15) is 0 Å². The second-order valence-corrected chi connectivity index (χ2v) is 6.08. The molecule has 1 aromatic heterocycles. The van der Waals surface area contributed by atoms with Gasteiger partial charge in [0.2, 0.25) is 0 Å². The van der Waals surface area contributed by atoms with Gasteiger partial charge in [0.15, 0.2) is 5.82 Å². The third-order valence-electron chi connectivity index (χ3n) is 4.06. The zero-order valence-corrected chi connectivity index (χ0v) is 15.9. The standard InChI is InChI=1S/C21H21N5O3/c1-29-18-8-7-16(20(27)24-10-9-15-5-3-2-4-6-15)13-17(18)25-21(28)26-19-14-22-11-12-23-19/h2-8,11-14H,9-10H2,1H3,(H,24,27)(H2,23,25,26,28). The van der Waals surface area contributed by atoms with E-state index in [1.807, 2.05) is 30.3 Å². The largest absolute Gasteiger partial charge is 0.495 e. The van der Waals surface area contributed by atoms with Crippen LogP contribution in [-0.4, -0.2) is 35.6 Å². The van der Waals surface area contributed by atoms with Crippen molar-refractivity contribution in [3.63, 3.8) is 0 Å². The Morgan fingerprint density at radius 2 is 1.86 bits per heavy atom. The number of rotatable bonds is 7. The summed E-state index contributed by atoms with van der Waals surface area (Å²) in [4.78, 5) is 32.5. The first kappa shape index (κ1) is 19.8. The molecule has 0 fully saturated rings. The molecule has 148 valence electrons. The maximum absolute atomic E-state index is 12.5. The highest BCUT2D eigenvalue weighted by Crippen LogP contribution is 2.25. The summed E-state index contributed by atoms with van der Waals surface area (Å²) in [7, 11) is 1.49. The van der Waals surface area contributed by atoms with Gasteiger partial charge in [0, 0.05) is 24.5 Å². The van der Waals surface area contributed by atoms with Gasteiger partial charge in [-0.05, 0) is 30.2 Å². The Morgan fingerprint density at radius 3 is 2.59 bits per heavy atom. The van der Waals surface area contributed by atoms with Crippen molar-refractivity contribution in [3.05, 3.63) is 78.2 Å². The molecule has 0 aliphatic heterocycles. The molecule has 0 atom stereocenters. The van der Waals surface area contributed by atoms with Crippen LogP contribution in [0.3, 0.4) is 0 Å². The van der Waals surface area contributed by atoms with E-state index < -0.39 is 6.03 Å². The fraction of sp³-hybridized carbons (Fsp3) is 0.143. The lowest BCUT2D eigenvalue weighted by atomic mass is 10.1. The van der Waals surface area contributed by atoms with Gasteiger partial charge in [-0.25, -0.2) is 9.78 Å². The van der Waals surface area contributed by atoms with Gasteiger partial charge in [0.25, 0.3) is 5.91 Å². The van der Waals surface area contributed by atoms with Gasteiger partial charge in [-0.3, -0.25) is 15.1 Å². The number of carbonyl (C=O) groups is 2. The van der Waals surface area contributed by atoms with Crippen LogP contribution in [0.15, 0.2) is 67.1 Å². The number of carbonyl (C=O) groups excluding carboxylic acids is 2. The van der Waals surface area contributed by atoms with Crippen LogP contribution in [0.4, 0.5) is 16.3 Å². The third kappa shape index (κ3) is 5.77. The van der Waals surface area contributed by atoms with Crippen LogP contribution in [-0.2, 0) is 6.42 Å². The minimum Gasteiger partial charge on any atom is -0.495 e. The molecule has 3 aromatic rings. The van der Waals surface area contributed by atoms with Crippen LogP contribution in [0, 0.1) is 0 Å². The highest BCUT2D eigenvalue weighted by atomic mass is 16.5. The van der Waals surface area contributed by atoms with E-state index >= 15 is 0 Å². The van der Waals surface area contributed by atoms with Crippen LogP contribution in [0.5, 0.6) is 5.75 Å². The van der Waals surface area contributed by atoms with Crippen molar-refractivity contribution < 1.29 is 14.3 Å². The molecular formula is C21H21N5O3.